The Morgan fingerprint density at radius 1 is 1.27 bits per heavy atom. The van der Waals surface area contributed by atoms with E-state index in [4.69, 9.17) is 0 Å². The van der Waals surface area contributed by atoms with Crippen LogP contribution in [0.4, 0.5) is 0 Å². The van der Waals surface area contributed by atoms with Gasteiger partial charge in [0.1, 0.15) is 5.78 Å². The zero-order valence-corrected chi connectivity index (χ0v) is 10.4. The summed E-state index contributed by atoms with van der Waals surface area (Å²) in [5, 5.41) is 0. The van der Waals surface area contributed by atoms with E-state index in [1.807, 2.05) is 30.0 Å². The molecular weight excluding hydrogens is 204 g/mol. The summed E-state index contributed by atoms with van der Waals surface area (Å²) in [6, 6.07) is 10.3. The van der Waals surface area contributed by atoms with Crippen LogP contribution >= 0.6 is 11.8 Å². The molecule has 0 aliphatic carbocycles. The maximum atomic E-state index is 10.9. The summed E-state index contributed by atoms with van der Waals surface area (Å²) in [6.07, 6.45) is 1.61. The third-order valence-corrected chi connectivity index (χ3v) is 3.48. The average Bonchev–Trinajstić information content (AvgIpc) is 2.16. The molecule has 1 aromatic carbocycles. The summed E-state index contributed by atoms with van der Waals surface area (Å²) >= 11 is 1.84. The van der Waals surface area contributed by atoms with Crippen molar-refractivity contribution in [1.82, 2.24) is 0 Å². The van der Waals surface area contributed by atoms with Crippen LogP contribution in [-0.2, 0) is 4.79 Å². The Morgan fingerprint density at radius 2 is 1.87 bits per heavy atom. The van der Waals surface area contributed by atoms with Gasteiger partial charge in [-0.3, -0.25) is 0 Å². The minimum Gasteiger partial charge on any atom is -0.300 e. The van der Waals surface area contributed by atoms with Gasteiger partial charge in [0.25, 0.3) is 0 Å². The molecule has 0 spiro atoms. The van der Waals surface area contributed by atoms with Crippen molar-refractivity contribution in [1.29, 1.82) is 0 Å². The highest BCUT2D eigenvalue weighted by Gasteiger charge is 2.19. The fourth-order valence-corrected chi connectivity index (χ4v) is 2.47. The SMILES string of the molecule is CC(=O)CCC(C)(C)Sc1ccccc1. The maximum absolute atomic E-state index is 10.9. The first-order chi connectivity index (χ1) is 6.99. The summed E-state index contributed by atoms with van der Waals surface area (Å²) in [4.78, 5) is 12.2. The van der Waals surface area contributed by atoms with Crippen molar-refractivity contribution in [3.8, 4) is 0 Å². The lowest BCUT2D eigenvalue weighted by atomic mass is 10.1. The van der Waals surface area contributed by atoms with Gasteiger partial charge in [-0.05, 0) is 25.5 Å². The van der Waals surface area contributed by atoms with Gasteiger partial charge in [0.15, 0.2) is 0 Å². The van der Waals surface area contributed by atoms with Gasteiger partial charge >= 0.3 is 0 Å². The summed E-state index contributed by atoms with van der Waals surface area (Å²) in [6.45, 7) is 6.03. The molecule has 0 radical (unpaired) electrons. The fraction of sp³-hybridized carbons (Fsp3) is 0.462. The molecule has 0 heterocycles. The summed E-state index contributed by atoms with van der Waals surface area (Å²) in [7, 11) is 0. The number of carbonyl (C=O) groups is 1. The minimum absolute atomic E-state index is 0.132. The van der Waals surface area contributed by atoms with Crippen molar-refractivity contribution >= 4 is 17.5 Å². The first-order valence-electron chi connectivity index (χ1n) is 5.23. The first-order valence-corrected chi connectivity index (χ1v) is 6.05. The zero-order valence-electron chi connectivity index (χ0n) is 9.62. The van der Waals surface area contributed by atoms with Crippen LogP contribution in [-0.4, -0.2) is 10.5 Å². The molecule has 0 aliphatic rings. The highest BCUT2D eigenvalue weighted by Crippen LogP contribution is 2.35. The summed E-state index contributed by atoms with van der Waals surface area (Å²) in [5.74, 6) is 0.275. The molecule has 0 amide bonds. The number of benzene rings is 1. The maximum Gasteiger partial charge on any atom is 0.129 e. The quantitative estimate of drug-likeness (QED) is 0.702. The second-order valence-corrected chi connectivity index (χ2v) is 6.16. The Hall–Kier alpha value is -0.760. The van der Waals surface area contributed by atoms with Crippen LogP contribution in [0.3, 0.4) is 0 Å². The van der Waals surface area contributed by atoms with E-state index in [1.54, 1.807) is 6.92 Å². The van der Waals surface area contributed by atoms with E-state index in [-0.39, 0.29) is 10.5 Å². The lowest BCUT2D eigenvalue weighted by Gasteiger charge is -2.23. The number of rotatable bonds is 5. The smallest absolute Gasteiger partial charge is 0.129 e. The van der Waals surface area contributed by atoms with Crippen molar-refractivity contribution in [2.24, 2.45) is 0 Å². The van der Waals surface area contributed by atoms with Crippen LogP contribution in [0.15, 0.2) is 35.2 Å². The molecule has 0 saturated heterocycles. The molecule has 0 atom stereocenters. The average molecular weight is 222 g/mol. The Morgan fingerprint density at radius 3 is 2.40 bits per heavy atom. The van der Waals surface area contributed by atoms with E-state index in [0.29, 0.717) is 6.42 Å². The molecule has 0 aromatic heterocycles. The van der Waals surface area contributed by atoms with Crippen LogP contribution < -0.4 is 0 Å². The summed E-state index contributed by atoms with van der Waals surface area (Å²) < 4.78 is 0.132. The molecule has 82 valence electrons. The predicted octanol–water partition coefficient (Wildman–Crippen LogP) is 3.93. The van der Waals surface area contributed by atoms with Gasteiger partial charge in [-0.2, -0.15) is 0 Å². The van der Waals surface area contributed by atoms with Crippen molar-refractivity contribution < 1.29 is 4.79 Å². The van der Waals surface area contributed by atoms with Crippen molar-refractivity contribution in [2.45, 2.75) is 43.3 Å². The molecule has 0 saturated carbocycles. The van der Waals surface area contributed by atoms with Crippen molar-refractivity contribution in [3.63, 3.8) is 0 Å². The van der Waals surface area contributed by atoms with Crippen molar-refractivity contribution in [2.75, 3.05) is 0 Å². The van der Waals surface area contributed by atoms with Crippen LogP contribution in [0.25, 0.3) is 0 Å². The van der Waals surface area contributed by atoms with E-state index in [9.17, 15) is 4.79 Å². The second kappa shape index (κ2) is 5.36. The Labute approximate surface area is 96.3 Å². The van der Waals surface area contributed by atoms with Gasteiger partial charge < -0.3 is 4.79 Å². The molecular formula is C13H18OS. The highest BCUT2D eigenvalue weighted by atomic mass is 32.2. The molecule has 0 unspecified atom stereocenters. The standard InChI is InChI=1S/C13H18OS/c1-11(14)9-10-13(2,3)15-12-7-5-4-6-8-12/h4-8H,9-10H2,1-3H3. The van der Waals surface area contributed by atoms with E-state index >= 15 is 0 Å². The normalized spacial score (nSPS) is 11.4. The summed E-state index contributed by atoms with van der Waals surface area (Å²) in [5.41, 5.74) is 0. The second-order valence-electron chi connectivity index (χ2n) is 4.38. The Kier molecular flexibility index (Phi) is 4.40. The first kappa shape index (κ1) is 12.3. The molecule has 1 aromatic rings. The number of thioether (sulfide) groups is 1. The van der Waals surface area contributed by atoms with Gasteiger partial charge in [-0.1, -0.05) is 32.0 Å². The van der Waals surface area contributed by atoms with Gasteiger partial charge in [0.05, 0.1) is 0 Å². The molecule has 1 rings (SSSR count). The monoisotopic (exact) mass is 222 g/mol. The third kappa shape index (κ3) is 5.03. The zero-order chi connectivity index (χ0) is 11.3. The topological polar surface area (TPSA) is 17.1 Å². The molecule has 1 nitrogen and oxygen atoms in total. The third-order valence-electron chi connectivity index (χ3n) is 2.22. The van der Waals surface area contributed by atoms with E-state index in [2.05, 4.69) is 26.0 Å². The van der Waals surface area contributed by atoms with Gasteiger partial charge in [0, 0.05) is 16.1 Å². The highest BCUT2D eigenvalue weighted by molar-refractivity contribution is 8.00. The fourth-order valence-electron chi connectivity index (χ4n) is 1.34. The largest absolute Gasteiger partial charge is 0.300 e. The van der Waals surface area contributed by atoms with Gasteiger partial charge in [0.2, 0.25) is 0 Å². The van der Waals surface area contributed by atoms with E-state index in [0.717, 1.165) is 6.42 Å². The lowest BCUT2D eigenvalue weighted by Crippen LogP contribution is -2.15. The number of Topliss-reactive ketones (excluding diaryl/α,β-unsaturated/α-hetero) is 1. The van der Waals surface area contributed by atoms with Crippen LogP contribution in [0.2, 0.25) is 0 Å². The number of carbonyl (C=O) groups excluding carboxylic acids is 1. The Bertz CT molecular complexity index is 317. The van der Waals surface area contributed by atoms with Gasteiger partial charge in [-0.15, -0.1) is 11.8 Å². The van der Waals surface area contributed by atoms with Crippen LogP contribution in [0, 0.1) is 0 Å². The van der Waals surface area contributed by atoms with Crippen molar-refractivity contribution in [3.05, 3.63) is 30.3 Å². The number of ketones is 1. The van der Waals surface area contributed by atoms with Crippen LogP contribution in [0.1, 0.15) is 33.6 Å². The van der Waals surface area contributed by atoms with Gasteiger partial charge in [-0.25, -0.2) is 0 Å². The van der Waals surface area contributed by atoms with Crippen LogP contribution in [0.5, 0.6) is 0 Å². The molecule has 0 bridgehead atoms. The molecule has 15 heavy (non-hydrogen) atoms. The lowest BCUT2D eigenvalue weighted by molar-refractivity contribution is -0.117. The molecule has 0 N–H and O–H groups in total. The van der Waals surface area contributed by atoms with E-state index < -0.39 is 0 Å². The molecule has 2 heteroatoms. The molecule has 0 fully saturated rings. The number of hydrogen-bond donors (Lipinski definition) is 0. The Balaban J connectivity index is 2.52. The van der Waals surface area contributed by atoms with E-state index in [1.165, 1.54) is 4.90 Å². The molecule has 0 aliphatic heterocycles. The number of hydrogen-bond acceptors (Lipinski definition) is 2. The predicted molar refractivity (Wildman–Crippen MR) is 66.3 cm³/mol. The minimum atomic E-state index is 0.132.